The Kier molecular flexibility index (Phi) is 3.29. The van der Waals surface area contributed by atoms with E-state index in [1.807, 2.05) is 13.0 Å². The zero-order valence-electron chi connectivity index (χ0n) is 9.20. The molecular weight excluding hydrogens is 194 g/mol. The molecule has 0 aromatic carbocycles. The van der Waals surface area contributed by atoms with E-state index in [9.17, 15) is 9.59 Å². The van der Waals surface area contributed by atoms with Crippen LogP contribution in [0, 0.1) is 13.8 Å². The molecule has 0 spiro atoms. The Morgan fingerprint density at radius 2 is 2.00 bits per heavy atom. The molecule has 1 aromatic heterocycles. The Labute approximate surface area is 88.5 Å². The lowest BCUT2D eigenvalue weighted by Crippen LogP contribution is -2.12. The number of carboxylic acid groups (broad SMARTS) is 1. The van der Waals surface area contributed by atoms with Crippen molar-refractivity contribution in [2.24, 2.45) is 0 Å². The number of rotatable bonds is 4. The van der Waals surface area contributed by atoms with Gasteiger partial charge in [-0.25, -0.2) is 4.79 Å². The smallest absolute Gasteiger partial charge is 0.352 e. The maximum absolute atomic E-state index is 11.0. The first kappa shape index (κ1) is 11.5. The van der Waals surface area contributed by atoms with Crippen LogP contribution in [-0.4, -0.2) is 21.4 Å². The highest BCUT2D eigenvalue weighted by molar-refractivity contribution is 5.88. The molecule has 0 aliphatic rings. The number of hydrogen-bond donors (Lipinski definition) is 1. The number of aromatic carboxylic acids is 1. The summed E-state index contributed by atoms with van der Waals surface area (Å²) in [5.74, 6) is -0.874. The average molecular weight is 209 g/mol. The maximum atomic E-state index is 11.0. The van der Waals surface area contributed by atoms with Crippen LogP contribution in [0.5, 0.6) is 0 Å². The Balaban J connectivity index is 3.04. The maximum Gasteiger partial charge on any atom is 0.352 e. The van der Waals surface area contributed by atoms with Gasteiger partial charge in [0.15, 0.2) is 0 Å². The third-order valence-corrected chi connectivity index (χ3v) is 2.38. The monoisotopic (exact) mass is 209 g/mol. The number of hydrogen-bond acceptors (Lipinski definition) is 2. The van der Waals surface area contributed by atoms with Crippen molar-refractivity contribution in [2.45, 2.75) is 33.7 Å². The predicted octanol–water partition coefficient (Wildman–Crippen LogP) is 1.78. The van der Waals surface area contributed by atoms with Gasteiger partial charge >= 0.3 is 5.97 Å². The molecule has 82 valence electrons. The summed E-state index contributed by atoms with van der Waals surface area (Å²) in [6.07, 6.45) is 0.370. The topological polar surface area (TPSA) is 59.3 Å². The number of aryl methyl sites for hydroxylation is 2. The number of carbonyl (C=O) groups excluding carboxylic acids is 1. The van der Waals surface area contributed by atoms with Crippen LogP contribution in [0.4, 0.5) is 0 Å². The quantitative estimate of drug-likeness (QED) is 0.822. The van der Waals surface area contributed by atoms with E-state index in [0.29, 0.717) is 13.0 Å². The van der Waals surface area contributed by atoms with E-state index in [1.54, 1.807) is 11.5 Å². The van der Waals surface area contributed by atoms with Crippen molar-refractivity contribution in [3.63, 3.8) is 0 Å². The van der Waals surface area contributed by atoms with Crippen molar-refractivity contribution in [1.82, 2.24) is 4.57 Å². The number of carboxylic acids is 1. The van der Waals surface area contributed by atoms with Crippen molar-refractivity contribution >= 4 is 11.8 Å². The number of aromatic nitrogens is 1. The molecule has 0 fully saturated rings. The van der Waals surface area contributed by atoms with Crippen LogP contribution < -0.4 is 0 Å². The molecule has 1 rings (SSSR count). The van der Waals surface area contributed by atoms with Gasteiger partial charge in [-0.15, -0.1) is 0 Å². The summed E-state index contributed by atoms with van der Waals surface area (Å²) in [6, 6.07) is 1.82. The summed E-state index contributed by atoms with van der Waals surface area (Å²) in [4.78, 5) is 21.9. The Hall–Kier alpha value is -1.58. The Morgan fingerprint density at radius 3 is 2.47 bits per heavy atom. The number of Topliss-reactive ketones (excluding diaryl/α,β-unsaturated/α-hetero) is 1. The fourth-order valence-electron chi connectivity index (χ4n) is 1.69. The molecule has 0 radical (unpaired) electrons. The molecular formula is C11H15NO3. The number of nitrogens with zero attached hydrogens (tertiary/aromatic N) is 1. The van der Waals surface area contributed by atoms with Crippen molar-refractivity contribution in [1.29, 1.82) is 0 Å². The van der Waals surface area contributed by atoms with Crippen LogP contribution in [0.2, 0.25) is 0 Å². The lowest BCUT2D eigenvalue weighted by molar-refractivity contribution is -0.117. The van der Waals surface area contributed by atoms with Crippen molar-refractivity contribution < 1.29 is 14.7 Å². The van der Waals surface area contributed by atoms with Gasteiger partial charge in [0.25, 0.3) is 0 Å². The molecule has 0 bridgehead atoms. The van der Waals surface area contributed by atoms with Crippen molar-refractivity contribution in [3.8, 4) is 0 Å². The molecule has 0 aliphatic carbocycles. The van der Waals surface area contributed by atoms with E-state index in [2.05, 4.69) is 0 Å². The van der Waals surface area contributed by atoms with Gasteiger partial charge in [0.1, 0.15) is 11.5 Å². The number of ketones is 1. The van der Waals surface area contributed by atoms with Gasteiger partial charge in [-0.2, -0.15) is 0 Å². The summed E-state index contributed by atoms with van der Waals surface area (Å²) in [6.45, 7) is 5.56. The molecule has 0 atom stereocenters. The standard InChI is InChI=1S/C11H15NO3/c1-7-6-8(2)12(5-4-9(3)13)10(7)11(14)15/h6H,4-5H2,1-3H3,(H,14,15). The predicted molar refractivity (Wildman–Crippen MR) is 56.2 cm³/mol. The van der Waals surface area contributed by atoms with Gasteiger partial charge in [0.2, 0.25) is 0 Å². The van der Waals surface area contributed by atoms with Crippen LogP contribution in [-0.2, 0) is 11.3 Å². The van der Waals surface area contributed by atoms with Crippen LogP contribution in [0.1, 0.15) is 35.1 Å². The van der Waals surface area contributed by atoms with E-state index >= 15 is 0 Å². The van der Waals surface area contributed by atoms with Crippen LogP contribution in [0.25, 0.3) is 0 Å². The van der Waals surface area contributed by atoms with Crippen LogP contribution in [0.15, 0.2) is 6.07 Å². The second-order valence-corrected chi connectivity index (χ2v) is 3.73. The van der Waals surface area contributed by atoms with Gasteiger partial charge in [0.05, 0.1) is 0 Å². The highest BCUT2D eigenvalue weighted by atomic mass is 16.4. The summed E-state index contributed by atoms with van der Waals surface area (Å²) in [7, 11) is 0. The first-order valence-corrected chi connectivity index (χ1v) is 4.83. The highest BCUT2D eigenvalue weighted by Gasteiger charge is 2.16. The van der Waals surface area contributed by atoms with Crippen LogP contribution >= 0.6 is 0 Å². The molecule has 1 heterocycles. The number of carbonyl (C=O) groups is 2. The highest BCUT2D eigenvalue weighted by Crippen LogP contribution is 2.15. The van der Waals surface area contributed by atoms with E-state index in [0.717, 1.165) is 11.3 Å². The van der Waals surface area contributed by atoms with E-state index in [1.165, 1.54) is 6.92 Å². The van der Waals surface area contributed by atoms with E-state index < -0.39 is 5.97 Å². The zero-order valence-corrected chi connectivity index (χ0v) is 9.20. The van der Waals surface area contributed by atoms with Crippen LogP contribution in [0.3, 0.4) is 0 Å². The summed E-state index contributed by atoms with van der Waals surface area (Å²) in [5, 5.41) is 9.02. The second kappa shape index (κ2) is 4.29. The van der Waals surface area contributed by atoms with Gasteiger partial charge in [-0.3, -0.25) is 4.79 Å². The molecule has 1 aromatic rings. The fourth-order valence-corrected chi connectivity index (χ4v) is 1.69. The Bertz CT molecular complexity index is 404. The Morgan fingerprint density at radius 1 is 1.40 bits per heavy atom. The minimum Gasteiger partial charge on any atom is -0.477 e. The van der Waals surface area contributed by atoms with Gasteiger partial charge in [-0.05, 0) is 32.4 Å². The largest absolute Gasteiger partial charge is 0.477 e. The summed E-state index contributed by atoms with van der Waals surface area (Å²) < 4.78 is 1.68. The molecule has 0 aliphatic heterocycles. The molecule has 0 saturated carbocycles. The lowest BCUT2D eigenvalue weighted by Gasteiger charge is -2.07. The molecule has 1 N–H and O–H groups in total. The third-order valence-electron chi connectivity index (χ3n) is 2.38. The normalized spacial score (nSPS) is 10.3. The molecule has 4 nitrogen and oxygen atoms in total. The molecule has 4 heteroatoms. The van der Waals surface area contributed by atoms with E-state index in [-0.39, 0.29) is 11.5 Å². The van der Waals surface area contributed by atoms with Crippen molar-refractivity contribution in [3.05, 3.63) is 23.0 Å². The average Bonchev–Trinajstić information content (AvgIpc) is 2.37. The second-order valence-electron chi connectivity index (χ2n) is 3.73. The molecule has 15 heavy (non-hydrogen) atoms. The van der Waals surface area contributed by atoms with Gasteiger partial charge in [-0.1, -0.05) is 0 Å². The fraction of sp³-hybridized carbons (Fsp3) is 0.455. The first-order chi connectivity index (χ1) is 6.93. The summed E-state index contributed by atoms with van der Waals surface area (Å²) >= 11 is 0. The third kappa shape index (κ3) is 2.46. The molecule has 0 unspecified atom stereocenters. The molecule has 0 saturated heterocycles. The van der Waals surface area contributed by atoms with E-state index in [4.69, 9.17) is 5.11 Å². The zero-order chi connectivity index (χ0) is 11.6. The summed E-state index contributed by atoms with van der Waals surface area (Å²) in [5.41, 5.74) is 1.91. The minimum absolute atomic E-state index is 0.0668. The minimum atomic E-state index is -0.941. The first-order valence-electron chi connectivity index (χ1n) is 4.83. The van der Waals surface area contributed by atoms with Crippen molar-refractivity contribution in [2.75, 3.05) is 0 Å². The van der Waals surface area contributed by atoms with Gasteiger partial charge in [0, 0.05) is 18.7 Å². The SMILES string of the molecule is CC(=O)CCn1c(C)cc(C)c1C(=O)O. The lowest BCUT2D eigenvalue weighted by atomic mass is 10.2. The van der Waals surface area contributed by atoms with Gasteiger partial charge < -0.3 is 9.67 Å². The molecule has 0 amide bonds.